The minimum atomic E-state index is -0.723. The molecule has 0 saturated carbocycles. The number of hydrogen-bond acceptors (Lipinski definition) is 1. The van der Waals surface area contributed by atoms with Crippen LogP contribution >= 0.6 is 0 Å². The summed E-state index contributed by atoms with van der Waals surface area (Å²) in [7, 11) is 0. The van der Waals surface area contributed by atoms with Crippen molar-refractivity contribution in [1.82, 2.24) is 0 Å². The molecular weight excluding hydrogens is 330 g/mol. The predicted molar refractivity (Wildman–Crippen MR) is 101 cm³/mol. The highest BCUT2D eigenvalue weighted by atomic mass is 19.2. The molecule has 0 aliphatic carbocycles. The van der Waals surface area contributed by atoms with Gasteiger partial charge in [0.15, 0.2) is 11.6 Å². The maximum Gasteiger partial charge on any atom is 0.162 e. The number of ether oxygens (including phenoxy) is 1. The number of rotatable bonds is 6. The summed E-state index contributed by atoms with van der Waals surface area (Å²) < 4.78 is 33.3. The second kappa shape index (κ2) is 8.77. The predicted octanol–water partition coefficient (Wildman–Crippen LogP) is 5.81. The largest absolute Gasteiger partial charge is 0.378 e. The third-order valence-electron chi connectivity index (χ3n) is 5.50. The van der Waals surface area contributed by atoms with E-state index in [4.69, 9.17) is 4.74 Å². The first kappa shape index (κ1) is 19.0. The molecule has 1 aliphatic rings. The van der Waals surface area contributed by atoms with Crippen molar-refractivity contribution in [3.05, 3.63) is 70.3 Å². The summed E-state index contributed by atoms with van der Waals surface area (Å²) in [5.74, 6) is -0.755. The van der Waals surface area contributed by atoms with Gasteiger partial charge in [-0.2, -0.15) is 0 Å². The van der Waals surface area contributed by atoms with E-state index in [-0.39, 0.29) is 0 Å². The number of benzene rings is 2. The Morgan fingerprint density at radius 3 is 2.23 bits per heavy atom. The van der Waals surface area contributed by atoms with Gasteiger partial charge in [0.25, 0.3) is 0 Å². The van der Waals surface area contributed by atoms with Crippen molar-refractivity contribution in [3.63, 3.8) is 0 Å². The molecule has 0 aromatic heterocycles. The fraction of sp³-hybridized carbons (Fsp3) is 0.478. The Bertz CT molecular complexity index is 716. The quantitative estimate of drug-likeness (QED) is 0.633. The average Bonchev–Trinajstić information content (AvgIpc) is 2.66. The summed E-state index contributed by atoms with van der Waals surface area (Å²) in [6.45, 7) is 4.62. The van der Waals surface area contributed by atoms with Crippen LogP contribution in [0.3, 0.4) is 0 Å². The van der Waals surface area contributed by atoms with Crippen LogP contribution in [0.1, 0.15) is 48.4 Å². The summed E-state index contributed by atoms with van der Waals surface area (Å²) in [6.07, 6.45) is 6.31. The standard InChI is InChI=1S/C23H28F2O/c1-16-3-13-21(23(25)22(16)24)14-12-19-8-6-18(7-9-19)10-11-20-5-4-17(2)26-15-20/h3,6-9,13,17,20H,4-5,10-12,14-15H2,1-2H3. The molecule has 2 aromatic rings. The van der Waals surface area contributed by atoms with Crippen LogP contribution in [0.5, 0.6) is 0 Å². The lowest BCUT2D eigenvalue weighted by Gasteiger charge is -2.26. The minimum absolute atomic E-state index is 0.355. The SMILES string of the molecule is Cc1ccc(CCc2ccc(CCC3CCC(C)OC3)cc2)c(F)c1F. The molecule has 2 aromatic carbocycles. The van der Waals surface area contributed by atoms with Crippen LogP contribution in [0.2, 0.25) is 0 Å². The van der Waals surface area contributed by atoms with Crippen molar-refractivity contribution in [2.75, 3.05) is 6.61 Å². The van der Waals surface area contributed by atoms with Gasteiger partial charge in [-0.05, 0) is 80.5 Å². The van der Waals surface area contributed by atoms with Gasteiger partial charge < -0.3 is 4.74 Å². The van der Waals surface area contributed by atoms with Crippen LogP contribution in [-0.2, 0) is 24.0 Å². The molecule has 140 valence electrons. The molecule has 1 fully saturated rings. The number of aryl methyl sites for hydroxylation is 4. The molecule has 1 nitrogen and oxygen atoms in total. The van der Waals surface area contributed by atoms with Crippen molar-refractivity contribution in [1.29, 1.82) is 0 Å². The molecule has 0 radical (unpaired) electrons. The van der Waals surface area contributed by atoms with E-state index in [1.807, 2.05) is 0 Å². The van der Waals surface area contributed by atoms with Crippen molar-refractivity contribution < 1.29 is 13.5 Å². The maximum absolute atomic E-state index is 13.9. The van der Waals surface area contributed by atoms with E-state index in [9.17, 15) is 8.78 Å². The Kier molecular flexibility index (Phi) is 6.42. The van der Waals surface area contributed by atoms with Crippen molar-refractivity contribution in [2.45, 2.75) is 58.5 Å². The summed E-state index contributed by atoms with van der Waals surface area (Å²) in [6, 6.07) is 11.9. The molecule has 0 amide bonds. The van der Waals surface area contributed by atoms with Crippen molar-refractivity contribution >= 4 is 0 Å². The molecule has 3 heteroatoms. The van der Waals surface area contributed by atoms with Gasteiger partial charge in [0.05, 0.1) is 6.10 Å². The molecule has 1 heterocycles. The Hall–Kier alpha value is -1.74. The molecule has 0 bridgehead atoms. The lowest BCUT2D eigenvalue weighted by atomic mass is 9.92. The molecule has 2 atom stereocenters. The summed E-state index contributed by atoms with van der Waals surface area (Å²) in [4.78, 5) is 0. The average molecular weight is 358 g/mol. The van der Waals surface area contributed by atoms with Crippen LogP contribution in [0.4, 0.5) is 8.78 Å². The normalized spacial score (nSPS) is 20.3. The van der Waals surface area contributed by atoms with E-state index >= 15 is 0 Å². The maximum atomic E-state index is 13.9. The fourth-order valence-corrected chi connectivity index (χ4v) is 3.57. The van der Waals surface area contributed by atoms with Crippen molar-refractivity contribution in [2.24, 2.45) is 5.92 Å². The lowest BCUT2D eigenvalue weighted by molar-refractivity contribution is -0.00694. The smallest absolute Gasteiger partial charge is 0.162 e. The highest BCUT2D eigenvalue weighted by molar-refractivity contribution is 5.28. The Morgan fingerprint density at radius 2 is 1.58 bits per heavy atom. The van der Waals surface area contributed by atoms with E-state index in [1.165, 1.54) is 24.8 Å². The van der Waals surface area contributed by atoms with Gasteiger partial charge in [0, 0.05) is 6.61 Å². The summed E-state index contributed by atoms with van der Waals surface area (Å²) in [5, 5.41) is 0. The van der Waals surface area contributed by atoms with Gasteiger partial charge in [-0.15, -0.1) is 0 Å². The fourth-order valence-electron chi connectivity index (χ4n) is 3.57. The van der Waals surface area contributed by atoms with Crippen LogP contribution < -0.4 is 0 Å². The first-order chi connectivity index (χ1) is 12.5. The Labute approximate surface area is 155 Å². The van der Waals surface area contributed by atoms with Gasteiger partial charge in [0.2, 0.25) is 0 Å². The third-order valence-corrected chi connectivity index (χ3v) is 5.50. The lowest BCUT2D eigenvalue weighted by Crippen LogP contribution is -2.23. The monoisotopic (exact) mass is 358 g/mol. The van der Waals surface area contributed by atoms with Gasteiger partial charge in [-0.25, -0.2) is 8.78 Å². The van der Waals surface area contributed by atoms with E-state index in [0.29, 0.717) is 36.0 Å². The summed E-state index contributed by atoms with van der Waals surface area (Å²) >= 11 is 0. The number of hydrogen-bond donors (Lipinski definition) is 0. The van der Waals surface area contributed by atoms with Crippen LogP contribution in [0.25, 0.3) is 0 Å². The van der Waals surface area contributed by atoms with Crippen LogP contribution in [-0.4, -0.2) is 12.7 Å². The third kappa shape index (κ3) is 4.91. The van der Waals surface area contributed by atoms with E-state index < -0.39 is 11.6 Å². The highest BCUT2D eigenvalue weighted by Crippen LogP contribution is 2.23. The zero-order valence-electron chi connectivity index (χ0n) is 15.7. The van der Waals surface area contributed by atoms with Crippen molar-refractivity contribution in [3.8, 4) is 0 Å². The molecule has 1 aliphatic heterocycles. The molecule has 0 spiro atoms. The van der Waals surface area contributed by atoms with Crippen LogP contribution in [0.15, 0.2) is 36.4 Å². The highest BCUT2D eigenvalue weighted by Gasteiger charge is 2.18. The molecule has 3 rings (SSSR count). The minimum Gasteiger partial charge on any atom is -0.378 e. The molecule has 1 saturated heterocycles. The number of halogens is 2. The van der Waals surface area contributed by atoms with Gasteiger partial charge in [0.1, 0.15) is 0 Å². The zero-order chi connectivity index (χ0) is 18.5. The molecule has 2 unspecified atom stereocenters. The molecular formula is C23H28F2O. The summed E-state index contributed by atoms with van der Waals surface area (Å²) in [5.41, 5.74) is 3.29. The van der Waals surface area contributed by atoms with E-state index in [2.05, 4.69) is 31.2 Å². The molecule has 26 heavy (non-hydrogen) atoms. The second-order valence-electron chi connectivity index (χ2n) is 7.61. The van der Waals surface area contributed by atoms with Gasteiger partial charge in [-0.1, -0.05) is 36.4 Å². The Morgan fingerprint density at radius 1 is 0.885 bits per heavy atom. The zero-order valence-corrected chi connectivity index (χ0v) is 15.7. The van der Waals surface area contributed by atoms with Gasteiger partial charge >= 0.3 is 0 Å². The molecule has 0 N–H and O–H groups in total. The Balaban J connectivity index is 1.49. The van der Waals surface area contributed by atoms with Crippen LogP contribution in [0, 0.1) is 24.5 Å². The van der Waals surface area contributed by atoms with Gasteiger partial charge in [-0.3, -0.25) is 0 Å². The van der Waals surface area contributed by atoms with E-state index in [0.717, 1.165) is 18.6 Å². The van der Waals surface area contributed by atoms with E-state index in [1.54, 1.807) is 19.1 Å². The topological polar surface area (TPSA) is 9.23 Å². The first-order valence-electron chi connectivity index (χ1n) is 9.66. The second-order valence-corrected chi connectivity index (χ2v) is 7.61. The first-order valence-corrected chi connectivity index (χ1v) is 9.66.